The largest absolute Gasteiger partial charge is 0.492 e. The van der Waals surface area contributed by atoms with Crippen molar-refractivity contribution in [3.63, 3.8) is 0 Å². The van der Waals surface area contributed by atoms with Gasteiger partial charge >= 0.3 is 0 Å². The first kappa shape index (κ1) is 15.3. The Morgan fingerprint density at radius 2 is 2.29 bits per heavy atom. The fraction of sp³-hybridized carbons (Fsp3) is 0.333. The minimum Gasteiger partial charge on any atom is -0.492 e. The van der Waals surface area contributed by atoms with E-state index in [1.54, 1.807) is 13.3 Å². The molecule has 5 nitrogen and oxygen atoms in total. The molecule has 0 fully saturated rings. The molecule has 2 N–H and O–H groups in total. The van der Waals surface area contributed by atoms with E-state index >= 15 is 0 Å². The number of pyridine rings is 1. The number of rotatable bonds is 6. The van der Waals surface area contributed by atoms with Crippen LogP contribution in [0.1, 0.15) is 28.6 Å². The van der Waals surface area contributed by atoms with Crippen molar-refractivity contribution >= 4 is 27.8 Å². The van der Waals surface area contributed by atoms with Gasteiger partial charge in [0.15, 0.2) is 11.5 Å². The summed E-state index contributed by atoms with van der Waals surface area (Å²) in [7, 11) is 3.51. The fourth-order valence-corrected chi connectivity index (χ4v) is 3.23. The molecule has 0 aliphatic rings. The number of nitrogens with two attached hydrogens (primary N) is 1. The zero-order valence-corrected chi connectivity index (χ0v) is 13.2. The number of anilines is 2. The van der Waals surface area contributed by atoms with Crippen LogP contribution in [0.5, 0.6) is 5.75 Å². The molecular formula is C15H19N3O2S. The van der Waals surface area contributed by atoms with E-state index in [9.17, 15) is 4.79 Å². The molecule has 6 heteroatoms. The molecule has 0 saturated carbocycles. The number of nitrogen functional groups attached to an aromatic ring is 1. The maximum Gasteiger partial charge on any atom is 0.177 e. The van der Waals surface area contributed by atoms with Gasteiger partial charge in [-0.05, 0) is 11.6 Å². The van der Waals surface area contributed by atoms with Crippen molar-refractivity contribution in [1.82, 2.24) is 4.98 Å². The lowest BCUT2D eigenvalue weighted by atomic mass is 10.2. The van der Waals surface area contributed by atoms with Crippen molar-refractivity contribution in [1.29, 1.82) is 0 Å². The number of Topliss-reactive ketones (excluding diaryl/α,β-unsaturated/α-hetero) is 1. The number of ether oxygens (including phenoxy) is 1. The number of hydrogen-bond acceptors (Lipinski definition) is 6. The van der Waals surface area contributed by atoms with Gasteiger partial charge in [0.1, 0.15) is 5.00 Å². The molecule has 0 amide bonds. The number of carbonyl (C=O) groups excluding carboxylic acids is 1. The van der Waals surface area contributed by atoms with Crippen LogP contribution in [-0.2, 0) is 6.54 Å². The molecule has 0 bridgehead atoms. The second-order valence-corrected chi connectivity index (χ2v) is 5.68. The van der Waals surface area contributed by atoms with Crippen LogP contribution in [0.15, 0.2) is 24.5 Å². The summed E-state index contributed by atoms with van der Waals surface area (Å²) in [5.74, 6) is 0.611. The Labute approximate surface area is 128 Å². The highest BCUT2D eigenvalue weighted by Gasteiger charge is 2.23. The summed E-state index contributed by atoms with van der Waals surface area (Å²) in [6, 6.07) is 3.90. The topological polar surface area (TPSA) is 68.5 Å². The van der Waals surface area contributed by atoms with Crippen LogP contribution < -0.4 is 15.4 Å². The lowest BCUT2D eigenvalue weighted by Gasteiger charge is -2.18. The molecule has 2 heterocycles. The molecule has 2 rings (SSSR count). The number of thiophene rings is 1. The van der Waals surface area contributed by atoms with Crippen LogP contribution in [0.4, 0.5) is 10.7 Å². The maximum atomic E-state index is 11.9. The molecule has 2 aromatic rings. The first-order valence-electron chi connectivity index (χ1n) is 6.68. The molecule has 0 saturated heterocycles. The summed E-state index contributed by atoms with van der Waals surface area (Å²) in [5, 5.41) is 0.857. The highest BCUT2D eigenvalue weighted by Crippen LogP contribution is 2.45. The van der Waals surface area contributed by atoms with E-state index < -0.39 is 0 Å². The highest BCUT2D eigenvalue weighted by atomic mass is 32.1. The van der Waals surface area contributed by atoms with Crippen LogP contribution in [0.2, 0.25) is 0 Å². The SMILES string of the molecule is CCC(=O)c1sc(N(C)Cc2cccnc2)c(OC)c1N. The average Bonchev–Trinajstić information content (AvgIpc) is 2.84. The van der Waals surface area contributed by atoms with Gasteiger partial charge in [0.05, 0.1) is 17.7 Å². The Morgan fingerprint density at radius 3 is 2.86 bits per heavy atom. The molecule has 0 aliphatic carbocycles. The first-order chi connectivity index (χ1) is 10.1. The first-order valence-corrected chi connectivity index (χ1v) is 7.49. The predicted octanol–water partition coefficient (Wildman–Crippen LogP) is 2.96. The summed E-state index contributed by atoms with van der Waals surface area (Å²) < 4.78 is 5.39. The van der Waals surface area contributed by atoms with Gasteiger partial charge in [0.2, 0.25) is 0 Å². The monoisotopic (exact) mass is 305 g/mol. The third-order valence-electron chi connectivity index (χ3n) is 3.15. The summed E-state index contributed by atoms with van der Waals surface area (Å²) in [6.07, 6.45) is 3.99. The Bertz CT molecular complexity index is 625. The highest BCUT2D eigenvalue weighted by molar-refractivity contribution is 7.19. The summed E-state index contributed by atoms with van der Waals surface area (Å²) in [5.41, 5.74) is 7.56. The maximum absolute atomic E-state index is 11.9. The molecule has 0 aliphatic heterocycles. The number of carbonyl (C=O) groups is 1. The van der Waals surface area contributed by atoms with Gasteiger partial charge in [-0.15, -0.1) is 11.3 Å². The van der Waals surface area contributed by atoms with E-state index in [1.165, 1.54) is 11.3 Å². The number of methoxy groups -OCH3 is 1. The summed E-state index contributed by atoms with van der Waals surface area (Å²) in [6.45, 7) is 2.50. The Balaban J connectivity index is 2.32. The molecule has 0 aromatic carbocycles. The average molecular weight is 305 g/mol. The summed E-state index contributed by atoms with van der Waals surface area (Å²) >= 11 is 1.38. The van der Waals surface area contributed by atoms with E-state index in [0.717, 1.165) is 10.6 Å². The number of aromatic nitrogens is 1. The molecular weight excluding hydrogens is 286 g/mol. The lowest BCUT2D eigenvalue weighted by Crippen LogP contribution is -2.15. The fourth-order valence-electron chi connectivity index (χ4n) is 2.07. The second-order valence-electron chi connectivity index (χ2n) is 4.68. The van der Waals surface area contributed by atoms with Crippen molar-refractivity contribution < 1.29 is 9.53 Å². The Kier molecular flexibility index (Phi) is 4.80. The predicted molar refractivity (Wildman–Crippen MR) is 86.2 cm³/mol. The van der Waals surface area contributed by atoms with E-state index in [4.69, 9.17) is 10.5 Å². The summed E-state index contributed by atoms with van der Waals surface area (Å²) in [4.78, 5) is 18.6. The van der Waals surface area contributed by atoms with Gasteiger partial charge in [-0.2, -0.15) is 0 Å². The molecule has 112 valence electrons. The minimum absolute atomic E-state index is 0.0387. The van der Waals surface area contributed by atoms with E-state index in [-0.39, 0.29) is 5.78 Å². The number of nitrogens with zero attached hydrogens (tertiary/aromatic N) is 2. The quantitative estimate of drug-likeness (QED) is 0.831. The van der Waals surface area contributed by atoms with Crippen LogP contribution >= 0.6 is 11.3 Å². The zero-order chi connectivity index (χ0) is 15.4. The van der Waals surface area contributed by atoms with Crippen LogP contribution in [0.25, 0.3) is 0 Å². The molecule has 0 atom stereocenters. The van der Waals surface area contributed by atoms with Gasteiger partial charge < -0.3 is 15.4 Å². The van der Waals surface area contributed by atoms with Crippen LogP contribution in [-0.4, -0.2) is 24.9 Å². The lowest BCUT2D eigenvalue weighted by molar-refractivity contribution is 0.0992. The Morgan fingerprint density at radius 1 is 1.52 bits per heavy atom. The number of hydrogen-bond donors (Lipinski definition) is 1. The van der Waals surface area contributed by atoms with Gasteiger partial charge in [0, 0.05) is 32.4 Å². The van der Waals surface area contributed by atoms with Gasteiger partial charge in [-0.25, -0.2) is 0 Å². The standard InChI is InChI=1S/C15H19N3O2S/c1-4-11(19)14-12(16)13(20-3)15(21-14)18(2)9-10-6-5-7-17-8-10/h5-8H,4,9,16H2,1-3H3. The van der Waals surface area contributed by atoms with Crippen molar-refractivity contribution in [3.8, 4) is 5.75 Å². The third-order valence-corrected chi connectivity index (χ3v) is 4.49. The van der Waals surface area contributed by atoms with Crippen LogP contribution in [0.3, 0.4) is 0 Å². The normalized spacial score (nSPS) is 10.4. The van der Waals surface area contributed by atoms with Gasteiger partial charge in [-0.3, -0.25) is 9.78 Å². The van der Waals surface area contributed by atoms with E-state index in [2.05, 4.69) is 4.98 Å². The van der Waals surface area contributed by atoms with Crippen molar-refractivity contribution in [2.45, 2.75) is 19.9 Å². The second kappa shape index (κ2) is 6.58. The van der Waals surface area contributed by atoms with Gasteiger partial charge in [0.25, 0.3) is 0 Å². The van der Waals surface area contributed by atoms with Crippen LogP contribution in [0, 0.1) is 0 Å². The number of ketones is 1. The van der Waals surface area contributed by atoms with Crippen molar-refractivity contribution in [2.75, 3.05) is 24.8 Å². The molecule has 0 unspecified atom stereocenters. The third kappa shape index (κ3) is 3.16. The molecule has 0 spiro atoms. The van der Waals surface area contributed by atoms with Gasteiger partial charge in [-0.1, -0.05) is 13.0 Å². The molecule has 2 aromatic heterocycles. The van der Waals surface area contributed by atoms with Crippen molar-refractivity contribution in [2.24, 2.45) is 0 Å². The minimum atomic E-state index is 0.0387. The Hall–Kier alpha value is -2.08. The molecule has 21 heavy (non-hydrogen) atoms. The van der Waals surface area contributed by atoms with Crippen molar-refractivity contribution in [3.05, 3.63) is 35.0 Å². The van der Waals surface area contributed by atoms with E-state index in [1.807, 2.05) is 37.2 Å². The smallest absolute Gasteiger partial charge is 0.177 e. The molecule has 0 radical (unpaired) electrons. The zero-order valence-electron chi connectivity index (χ0n) is 12.4. The van der Waals surface area contributed by atoms with E-state index in [0.29, 0.717) is 29.3 Å².